The molecule has 6 nitrogen and oxygen atoms in total. The molecule has 3 heterocycles. The zero-order valence-corrected chi connectivity index (χ0v) is 13.7. The normalized spacial score (nSPS) is 25.6. The van der Waals surface area contributed by atoms with Crippen LogP contribution in [0.1, 0.15) is 11.9 Å². The van der Waals surface area contributed by atoms with E-state index >= 15 is 0 Å². The third-order valence-electron chi connectivity index (χ3n) is 4.69. The van der Waals surface area contributed by atoms with Crippen LogP contribution in [0.4, 0.5) is 5.69 Å². The van der Waals surface area contributed by atoms with Crippen LogP contribution in [0.2, 0.25) is 0 Å². The van der Waals surface area contributed by atoms with E-state index in [0.717, 1.165) is 45.1 Å². The van der Waals surface area contributed by atoms with Gasteiger partial charge in [0.1, 0.15) is 12.3 Å². The third kappa shape index (κ3) is 3.40. The molecule has 0 saturated carbocycles. The number of nitrogens with zero attached hydrogens (tertiary/aromatic N) is 4. The number of anilines is 1. The minimum absolute atomic E-state index is 0.0721. The molecule has 4 rings (SSSR count). The summed E-state index contributed by atoms with van der Waals surface area (Å²) in [6, 6.07) is 12.4. The van der Waals surface area contributed by atoms with Crippen molar-refractivity contribution in [3.8, 4) is 0 Å². The summed E-state index contributed by atoms with van der Waals surface area (Å²) in [5, 5.41) is 3.46. The van der Waals surface area contributed by atoms with Gasteiger partial charge in [0.25, 0.3) is 0 Å². The van der Waals surface area contributed by atoms with Crippen LogP contribution < -0.4 is 10.2 Å². The van der Waals surface area contributed by atoms with Crippen LogP contribution in [-0.4, -0.2) is 60.4 Å². The molecular weight excluding hydrogens is 302 g/mol. The van der Waals surface area contributed by atoms with E-state index in [1.807, 2.05) is 6.07 Å². The predicted octanol–water partition coefficient (Wildman–Crippen LogP) is 1.29. The van der Waals surface area contributed by atoms with Gasteiger partial charge in [0.15, 0.2) is 5.82 Å². The van der Waals surface area contributed by atoms with E-state index in [-0.39, 0.29) is 12.3 Å². The zero-order valence-electron chi connectivity index (χ0n) is 13.7. The van der Waals surface area contributed by atoms with Crippen molar-refractivity contribution in [2.24, 2.45) is 0 Å². The third-order valence-corrected chi connectivity index (χ3v) is 4.69. The first-order valence-corrected chi connectivity index (χ1v) is 8.57. The highest BCUT2D eigenvalue weighted by molar-refractivity contribution is 5.46. The molecule has 24 heavy (non-hydrogen) atoms. The highest BCUT2D eigenvalue weighted by Gasteiger charge is 2.31. The van der Waals surface area contributed by atoms with Gasteiger partial charge in [0.05, 0.1) is 0 Å². The lowest BCUT2D eigenvalue weighted by atomic mass is 10.2. The summed E-state index contributed by atoms with van der Waals surface area (Å²) in [7, 11) is 0. The van der Waals surface area contributed by atoms with E-state index in [2.05, 4.69) is 55.4 Å². The first-order chi connectivity index (χ1) is 11.9. The number of para-hydroxylation sites is 1. The van der Waals surface area contributed by atoms with Gasteiger partial charge in [0, 0.05) is 57.3 Å². The number of piperazine rings is 1. The Bertz CT molecular complexity index is 630. The van der Waals surface area contributed by atoms with Gasteiger partial charge in [-0.2, -0.15) is 0 Å². The number of ether oxygens (including phenoxy) is 1. The van der Waals surface area contributed by atoms with Crippen LogP contribution in [0.15, 0.2) is 48.8 Å². The standard InChI is InChI=1S/C18H23N5O/c1-2-5-15(6-3-1)22-9-11-23(12-10-22)17-14-19-13-16(24-17)18-20-7-4-8-21-18/h1-8,16-17,19H,9-14H2. The highest BCUT2D eigenvalue weighted by atomic mass is 16.5. The predicted molar refractivity (Wildman–Crippen MR) is 92.7 cm³/mol. The molecule has 126 valence electrons. The zero-order chi connectivity index (χ0) is 16.2. The first kappa shape index (κ1) is 15.5. The largest absolute Gasteiger partial charge is 0.369 e. The number of aromatic nitrogens is 2. The maximum Gasteiger partial charge on any atom is 0.158 e. The van der Waals surface area contributed by atoms with Crippen LogP contribution in [0.25, 0.3) is 0 Å². The van der Waals surface area contributed by atoms with Crippen LogP contribution >= 0.6 is 0 Å². The summed E-state index contributed by atoms with van der Waals surface area (Å²) in [5.74, 6) is 0.762. The molecule has 2 aliphatic heterocycles. The Kier molecular flexibility index (Phi) is 4.69. The molecule has 2 fully saturated rings. The van der Waals surface area contributed by atoms with Gasteiger partial charge >= 0.3 is 0 Å². The Morgan fingerprint density at radius 2 is 1.67 bits per heavy atom. The Hall–Kier alpha value is -2.02. The summed E-state index contributed by atoms with van der Waals surface area (Å²) < 4.78 is 6.27. The number of hydrogen-bond donors (Lipinski definition) is 1. The molecule has 2 aromatic rings. The molecule has 0 radical (unpaired) electrons. The van der Waals surface area contributed by atoms with Crippen LogP contribution in [-0.2, 0) is 4.74 Å². The van der Waals surface area contributed by atoms with Crippen molar-refractivity contribution >= 4 is 5.69 Å². The van der Waals surface area contributed by atoms with Crippen LogP contribution in [0.5, 0.6) is 0 Å². The fraction of sp³-hybridized carbons (Fsp3) is 0.444. The molecule has 2 unspecified atom stereocenters. The molecule has 2 saturated heterocycles. The van der Waals surface area contributed by atoms with E-state index in [4.69, 9.17) is 4.74 Å². The Balaban J connectivity index is 1.35. The summed E-state index contributed by atoms with van der Waals surface area (Å²) in [5.41, 5.74) is 1.30. The number of hydrogen-bond acceptors (Lipinski definition) is 6. The summed E-state index contributed by atoms with van der Waals surface area (Å²) in [4.78, 5) is 13.5. The molecule has 2 aliphatic rings. The molecule has 1 aromatic carbocycles. The average Bonchev–Trinajstić information content (AvgIpc) is 2.70. The van der Waals surface area contributed by atoms with E-state index in [1.165, 1.54) is 5.69 Å². The van der Waals surface area contributed by atoms with Gasteiger partial charge in [-0.25, -0.2) is 9.97 Å². The van der Waals surface area contributed by atoms with Crippen molar-refractivity contribution < 1.29 is 4.74 Å². The number of benzene rings is 1. The summed E-state index contributed by atoms with van der Waals surface area (Å²) in [6.45, 7) is 5.68. The van der Waals surface area contributed by atoms with E-state index in [1.54, 1.807) is 12.4 Å². The monoisotopic (exact) mass is 325 g/mol. The fourth-order valence-corrected chi connectivity index (χ4v) is 3.37. The lowest BCUT2D eigenvalue weighted by molar-refractivity contribution is -0.124. The Morgan fingerprint density at radius 3 is 2.42 bits per heavy atom. The second-order valence-corrected chi connectivity index (χ2v) is 6.20. The number of morpholine rings is 1. The number of rotatable bonds is 3. The maximum atomic E-state index is 6.27. The van der Waals surface area contributed by atoms with Gasteiger partial charge < -0.3 is 15.0 Å². The maximum absolute atomic E-state index is 6.27. The van der Waals surface area contributed by atoms with Crippen molar-refractivity contribution in [1.29, 1.82) is 0 Å². The van der Waals surface area contributed by atoms with Crippen molar-refractivity contribution in [1.82, 2.24) is 20.2 Å². The van der Waals surface area contributed by atoms with Gasteiger partial charge in [-0.05, 0) is 18.2 Å². The van der Waals surface area contributed by atoms with E-state index in [0.29, 0.717) is 0 Å². The second-order valence-electron chi connectivity index (χ2n) is 6.20. The fourth-order valence-electron chi connectivity index (χ4n) is 3.37. The quantitative estimate of drug-likeness (QED) is 0.918. The molecule has 6 heteroatoms. The van der Waals surface area contributed by atoms with E-state index < -0.39 is 0 Å². The lowest BCUT2D eigenvalue weighted by Crippen LogP contribution is -2.56. The Labute approximate surface area is 142 Å². The molecule has 0 aliphatic carbocycles. The van der Waals surface area contributed by atoms with Crippen molar-refractivity contribution in [3.05, 3.63) is 54.6 Å². The van der Waals surface area contributed by atoms with Crippen molar-refractivity contribution in [3.63, 3.8) is 0 Å². The molecule has 0 spiro atoms. The topological polar surface area (TPSA) is 53.5 Å². The molecule has 0 amide bonds. The smallest absolute Gasteiger partial charge is 0.158 e. The van der Waals surface area contributed by atoms with Crippen LogP contribution in [0, 0.1) is 0 Å². The molecule has 1 aromatic heterocycles. The second kappa shape index (κ2) is 7.25. The highest BCUT2D eigenvalue weighted by Crippen LogP contribution is 2.22. The molecule has 2 atom stereocenters. The minimum Gasteiger partial charge on any atom is -0.369 e. The number of nitrogens with one attached hydrogen (secondary N) is 1. The first-order valence-electron chi connectivity index (χ1n) is 8.57. The minimum atomic E-state index is -0.0721. The van der Waals surface area contributed by atoms with E-state index in [9.17, 15) is 0 Å². The molecule has 1 N–H and O–H groups in total. The average molecular weight is 325 g/mol. The lowest BCUT2D eigenvalue weighted by Gasteiger charge is -2.42. The van der Waals surface area contributed by atoms with Crippen molar-refractivity contribution in [2.45, 2.75) is 12.3 Å². The molecule has 0 bridgehead atoms. The Morgan fingerprint density at radius 1 is 0.917 bits per heavy atom. The van der Waals surface area contributed by atoms with Gasteiger partial charge in [-0.15, -0.1) is 0 Å². The summed E-state index contributed by atoms with van der Waals surface area (Å²) >= 11 is 0. The van der Waals surface area contributed by atoms with Crippen molar-refractivity contribution in [2.75, 3.05) is 44.2 Å². The van der Waals surface area contributed by atoms with Gasteiger partial charge in [0.2, 0.25) is 0 Å². The summed E-state index contributed by atoms with van der Waals surface area (Å²) in [6.07, 6.45) is 3.56. The van der Waals surface area contributed by atoms with Crippen LogP contribution in [0.3, 0.4) is 0 Å². The van der Waals surface area contributed by atoms with Gasteiger partial charge in [-0.3, -0.25) is 4.90 Å². The molecular formula is C18H23N5O. The SMILES string of the molecule is c1ccc(N2CCN(C3CNCC(c4ncccn4)O3)CC2)cc1. The van der Waals surface area contributed by atoms with Gasteiger partial charge in [-0.1, -0.05) is 18.2 Å².